The number of nitrogens with zero attached hydrogens (tertiary/aromatic N) is 1. The summed E-state index contributed by atoms with van der Waals surface area (Å²) in [5.74, 6) is -0.989. The highest BCUT2D eigenvalue weighted by atomic mass is 19.4. The fourth-order valence-corrected chi connectivity index (χ4v) is 1.44. The zero-order valence-corrected chi connectivity index (χ0v) is 9.66. The van der Waals surface area contributed by atoms with E-state index in [9.17, 15) is 18.0 Å². The third kappa shape index (κ3) is 3.99. The van der Waals surface area contributed by atoms with Gasteiger partial charge in [0.05, 0.1) is 0 Å². The maximum absolute atomic E-state index is 12.2. The number of alkyl halides is 3. The van der Waals surface area contributed by atoms with Crippen LogP contribution in [0.15, 0.2) is 18.3 Å². The Balaban J connectivity index is 2.62. The van der Waals surface area contributed by atoms with Gasteiger partial charge < -0.3 is 10.4 Å². The molecule has 0 aliphatic carbocycles. The first kappa shape index (κ1) is 14.4. The summed E-state index contributed by atoms with van der Waals surface area (Å²) in [7, 11) is 1.52. The lowest BCUT2D eigenvalue weighted by atomic mass is 10.1. The molecule has 0 unspecified atom stereocenters. The molecule has 0 saturated carbocycles. The summed E-state index contributed by atoms with van der Waals surface area (Å²) in [5, 5.41) is 11.4. The van der Waals surface area contributed by atoms with Gasteiger partial charge in [0.2, 0.25) is 0 Å². The van der Waals surface area contributed by atoms with E-state index in [1.165, 1.54) is 13.1 Å². The van der Waals surface area contributed by atoms with Crippen LogP contribution in [-0.4, -0.2) is 29.1 Å². The van der Waals surface area contributed by atoms with Crippen LogP contribution < -0.4 is 5.32 Å². The molecule has 2 N–H and O–H groups in total. The molecule has 0 bridgehead atoms. The third-order valence-electron chi connectivity index (χ3n) is 2.48. The Hall–Kier alpha value is -1.63. The van der Waals surface area contributed by atoms with Gasteiger partial charge in [-0.15, -0.1) is 0 Å². The standard InChI is InChI=1S/C11H13F3N2O2/c1-15-8(10(17)18)4-2-7-3-5-9(16-6-7)11(12,13)14/h3,5-6,8,15H,2,4H2,1H3,(H,17,18)/t8-/m0/s1. The molecule has 0 saturated heterocycles. The van der Waals surface area contributed by atoms with Crippen LogP contribution in [0.2, 0.25) is 0 Å². The van der Waals surface area contributed by atoms with E-state index in [-0.39, 0.29) is 0 Å². The quantitative estimate of drug-likeness (QED) is 0.848. The first-order valence-corrected chi connectivity index (χ1v) is 5.26. The third-order valence-corrected chi connectivity index (χ3v) is 2.48. The molecule has 0 fully saturated rings. The SMILES string of the molecule is CN[C@@H](CCc1ccc(C(F)(F)F)nc1)C(=O)O. The number of likely N-dealkylation sites (N-methyl/N-ethyl adjacent to an activating group) is 1. The van der Waals surface area contributed by atoms with E-state index >= 15 is 0 Å². The molecule has 1 heterocycles. The average Bonchev–Trinajstić information content (AvgIpc) is 2.29. The topological polar surface area (TPSA) is 62.2 Å². The van der Waals surface area contributed by atoms with Crippen molar-refractivity contribution in [1.82, 2.24) is 10.3 Å². The van der Waals surface area contributed by atoms with Gasteiger partial charge in [0, 0.05) is 6.20 Å². The zero-order chi connectivity index (χ0) is 13.8. The predicted molar refractivity (Wildman–Crippen MR) is 58.0 cm³/mol. The highest BCUT2D eigenvalue weighted by Crippen LogP contribution is 2.27. The van der Waals surface area contributed by atoms with Crippen molar-refractivity contribution < 1.29 is 23.1 Å². The summed E-state index contributed by atoms with van der Waals surface area (Å²) in [4.78, 5) is 14.0. The molecule has 1 aromatic heterocycles. The number of nitrogens with one attached hydrogen (secondary N) is 1. The van der Waals surface area contributed by atoms with Gasteiger partial charge in [-0.2, -0.15) is 13.2 Å². The van der Waals surface area contributed by atoms with E-state index in [1.807, 2.05) is 0 Å². The van der Waals surface area contributed by atoms with Gasteiger partial charge in [-0.25, -0.2) is 0 Å². The lowest BCUT2D eigenvalue weighted by Gasteiger charge is -2.11. The largest absolute Gasteiger partial charge is 0.480 e. The maximum Gasteiger partial charge on any atom is 0.433 e. The van der Waals surface area contributed by atoms with Gasteiger partial charge in [-0.05, 0) is 31.5 Å². The minimum atomic E-state index is -4.45. The first-order valence-electron chi connectivity index (χ1n) is 5.26. The molecular weight excluding hydrogens is 249 g/mol. The monoisotopic (exact) mass is 262 g/mol. The number of carboxylic acids is 1. The van der Waals surface area contributed by atoms with Crippen molar-refractivity contribution in [2.45, 2.75) is 25.1 Å². The van der Waals surface area contributed by atoms with Gasteiger partial charge in [0.15, 0.2) is 0 Å². The number of aliphatic carboxylic acids is 1. The van der Waals surface area contributed by atoms with Crippen LogP contribution in [-0.2, 0) is 17.4 Å². The fraction of sp³-hybridized carbons (Fsp3) is 0.455. The van der Waals surface area contributed by atoms with Crippen LogP contribution in [0, 0.1) is 0 Å². The van der Waals surface area contributed by atoms with E-state index in [4.69, 9.17) is 5.11 Å². The molecule has 1 aromatic rings. The van der Waals surface area contributed by atoms with Crippen molar-refractivity contribution in [3.05, 3.63) is 29.6 Å². The Kier molecular flexibility index (Phi) is 4.66. The fourth-order valence-electron chi connectivity index (χ4n) is 1.44. The molecule has 7 heteroatoms. The van der Waals surface area contributed by atoms with Crippen LogP contribution in [0.1, 0.15) is 17.7 Å². The summed E-state index contributed by atoms with van der Waals surface area (Å²) < 4.78 is 36.7. The summed E-state index contributed by atoms with van der Waals surface area (Å²) in [5.41, 5.74) is -0.376. The number of pyridine rings is 1. The molecule has 4 nitrogen and oxygen atoms in total. The normalized spacial score (nSPS) is 13.3. The molecule has 100 valence electrons. The second-order valence-electron chi connectivity index (χ2n) is 3.77. The Morgan fingerprint density at radius 3 is 2.56 bits per heavy atom. The number of rotatable bonds is 5. The van der Waals surface area contributed by atoms with Crippen molar-refractivity contribution in [1.29, 1.82) is 0 Å². The molecule has 1 rings (SSSR count). The lowest BCUT2D eigenvalue weighted by molar-refractivity contribution is -0.141. The van der Waals surface area contributed by atoms with Gasteiger partial charge in [0.25, 0.3) is 0 Å². The summed E-state index contributed by atoms with van der Waals surface area (Å²) in [6.45, 7) is 0. The predicted octanol–water partition coefficient (Wildman–Crippen LogP) is 1.71. The second-order valence-corrected chi connectivity index (χ2v) is 3.77. The smallest absolute Gasteiger partial charge is 0.433 e. The van der Waals surface area contributed by atoms with Crippen molar-refractivity contribution in [2.75, 3.05) is 7.05 Å². The molecule has 0 amide bonds. The van der Waals surface area contributed by atoms with E-state index in [1.54, 1.807) is 0 Å². The van der Waals surface area contributed by atoms with E-state index in [2.05, 4.69) is 10.3 Å². The van der Waals surface area contributed by atoms with Gasteiger partial charge in [-0.1, -0.05) is 6.07 Å². The number of aryl methyl sites for hydroxylation is 1. The van der Waals surface area contributed by atoms with Gasteiger partial charge >= 0.3 is 12.1 Å². The lowest BCUT2D eigenvalue weighted by Crippen LogP contribution is -2.34. The molecule has 0 aliphatic rings. The number of hydrogen-bond acceptors (Lipinski definition) is 3. The van der Waals surface area contributed by atoms with Crippen molar-refractivity contribution in [2.24, 2.45) is 0 Å². The van der Waals surface area contributed by atoms with Gasteiger partial charge in [-0.3, -0.25) is 9.78 Å². The zero-order valence-electron chi connectivity index (χ0n) is 9.66. The van der Waals surface area contributed by atoms with Gasteiger partial charge in [0.1, 0.15) is 11.7 Å². The number of halogens is 3. The Bertz CT molecular complexity index is 404. The molecule has 0 radical (unpaired) electrons. The van der Waals surface area contributed by atoms with E-state index < -0.39 is 23.9 Å². The minimum absolute atomic E-state index is 0.291. The van der Waals surface area contributed by atoms with E-state index in [0.29, 0.717) is 18.4 Å². The Morgan fingerprint density at radius 2 is 2.17 bits per heavy atom. The number of hydrogen-bond donors (Lipinski definition) is 2. The van der Waals surface area contributed by atoms with Crippen LogP contribution >= 0.6 is 0 Å². The highest BCUT2D eigenvalue weighted by Gasteiger charge is 2.32. The van der Waals surface area contributed by atoms with E-state index in [0.717, 1.165) is 12.3 Å². The van der Waals surface area contributed by atoms with Crippen LogP contribution in [0.25, 0.3) is 0 Å². The van der Waals surface area contributed by atoms with Crippen molar-refractivity contribution in [3.8, 4) is 0 Å². The molecular formula is C11H13F3N2O2. The molecule has 1 atom stereocenters. The number of carboxylic acid groups (broad SMARTS) is 1. The number of aromatic nitrogens is 1. The Morgan fingerprint density at radius 1 is 1.50 bits per heavy atom. The van der Waals surface area contributed by atoms with Crippen LogP contribution in [0.4, 0.5) is 13.2 Å². The molecule has 0 aromatic carbocycles. The Labute approximate surface area is 102 Å². The first-order chi connectivity index (χ1) is 8.34. The summed E-state index contributed by atoms with van der Waals surface area (Å²) >= 11 is 0. The average molecular weight is 262 g/mol. The molecule has 0 spiro atoms. The van der Waals surface area contributed by atoms with Crippen LogP contribution in [0.3, 0.4) is 0 Å². The molecule has 18 heavy (non-hydrogen) atoms. The summed E-state index contributed by atoms with van der Waals surface area (Å²) in [6.07, 6.45) is -2.69. The highest BCUT2D eigenvalue weighted by molar-refractivity contribution is 5.73. The van der Waals surface area contributed by atoms with Crippen LogP contribution in [0.5, 0.6) is 0 Å². The number of carbonyl (C=O) groups is 1. The van der Waals surface area contributed by atoms with Crippen molar-refractivity contribution >= 4 is 5.97 Å². The minimum Gasteiger partial charge on any atom is -0.480 e. The molecule has 0 aliphatic heterocycles. The second kappa shape index (κ2) is 5.81. The van der Waals surface area contributed by atoms with Crippen molar-refractivity contribution in [3.63, 3.8) is 0 Å². The maximum atomic E-state index is 12.2. The summed E-state index contributed by atoms with van der Waals surface area (Å²) in [6, 6.07) is 1.49.